The molecule has 2 aliphatic carbocycles. The number of hydrogen-bond donors (Lipinski definition) is 1. The molecule has 1 aromatic carbocycles. The average Bonchev–Trinajstić information content (AvgIpc) is 2.67. The number of aryl methyl sites for hydroxylation is 2. The summed E-state index contributed by atoms with van der Waals surface area (Å²) in [7, 11) is 0. The smallest absolute Gasteiger partial charge is 0.0217 e. The Morgan fingerprint density at radius 3 is 2.52 bits per heavy atom. The van der Waals surface area contributed by atoms with Crippen molar-refractivity contribution in [2.75, 3.05) is 0 Å². The molecule has 0 spiro atoms. The van der Waals surface area contributed by atoms with Gasteiger partial charge in [-0.3, -0.25) is 0 Å². The van der Waals surface area contributed by atoms with E-state index in [1.54, 1.807) is 33.4 Å². The van der Waals surface area contributed by atoms with Gasteiger partial charge in [-0.15, -0.1) is 0 Å². The summed E-state index contributed by atoms with van der Waals surface area (Å²) in [6.45, 7) is 14.2. The van der Waals surface area contributed by atoms with Crippen LogP contribution in [0, 0.1) is 12.3 Å². The number of benzene rings is 1. The Bertz CT molecular complexity index is 758. The minimum atomic E-state index is -0.0546. The second-order valence-corrected chi connectivity index (χ2v) is 10.4. The van der Waals surface area contributed by atoms with Crippen molar-refractivity contribution in [1.29, 1.82) is 0 Å². The van der Waals surface area contributed by atoms with Crippen LogP contribution >= 0.6 is 0 Å². The highest BCUT2D eigenvalue weighted by Crippen LogP contribution is 2.50. The maximum Gasteiger partial charge on any atom is 0.0217 e. The highest BCUT2D eigenvalue weighted by molar-refractivity contribution is 5.50. The number of rotatable bonds is 5. The largest absolute Gasteiger partial charge is 0.325 e. The lowest BCUT2D eigenvalue weighted by molar-refractivity contribution is 0.0910. The first-order valence-electron chi connectivity index (χ1n) is 12.4. The maximum atomic E-state index is 7.32. The molecule has 29 heavy (non-hydrogen) atoms. The fourth-order valence-corrected chi connectivity index (χ4v) is 6.41. The van der Waals surface area contributed by atoms with Crippen molar-refractivity contribution < 1.29 is 0 Å². The Hall–Kier alpha value is -1.08. The van der Waals surface area contributed by atoms with Crippen LogP contribution in [-0.4, -0.2) is 5.54 Å². The molecular formula is C28H45N. The van der Waals surface area contributed by atoms with E-state index >= 15 is 0 Å². The van der Waals surface area contributed by atoms with Gasteiger partial charge in [0.25, 0.3) is 0 Å². The fraction of sp³-hybridized carbons (Fsp3) is 0.714. The van der Waals surface area contributed by atoms with Crippen LogP contribution in [0.25, 0.3) is 0 Å². The van der Waals surface area contributed by atoms with Gasteiger partial charge in [0, 0.05) is 11.5 Å². The molecule has 0 aliphatic heterocycles. The summed E-state index contributed by atoms with van der Waals surface area (Å²) in [5, 5.41) is 0. The molecule has 0 amide bonds. The number of nitrogens with two attached hydrogens (primary N) is 1. The lowest BCUT2D eigenvalue weighted by Crippen LogP contribution is -2.55. The van der Waals surface area contributed by atoms with Crippen molar-refractivity contribution in [2.45, 2.75) is 124 Å². The van der Waals surface area contributed by atoms with E-state index in [2.05, 4.69) is 53.7 Å². The van der Waals surface area contributed by atoms with E-state index in [0.29, 0.717) is 5.92 Å². The molecule has 0 heterocycles. The molecule has 3 rings (SSSR count). The molecular weight excluding hydrogens is 350 g/mol. The molecule has 3 atom stereocenters. The summed E-state index contributed by atoms with van der Waals surface area (Å²) in [5.41, 5.74) is 17.1. The molecule has 2 unspecified atom stereocenters. The zero-order valence-corrected chi connectivity index (χ0v) is 20.1. The normalized spacial score (nSPS) is 31.7. The van der Waals surface area contributed by atoms with Gasteiger partial charge in [-0.2, -0.15) is 0 Å². The molecule has 1 nitrogen and oxygen atoms in total. The van der Waals surface area contributed by atoms with Crippen LogP contribution in [0.2, 0.25) is 0 Å². The van der Waals surface area contributed by atoms with Gasteiger partial charge in [0.2, 0.25) is 0 Å². The minimum Gasteiger partial charge on any atom is -0.325 e. The van der Waals surface area contributed by atoms with E-state index < -0.39 is 0 Å². The molecule has 0 aromatic heterocycles. The van der Waals surface area contributed by atoms with Crippen LogP contribution in [0.15, 0.2) is 17.7 Å². The van der Waals surface area contributed by atoms with E-state index in [4.69, 9.17) is 5.73 Å². The van der Waals surface area contributed by atoms with E-state index in [1.807, 2.05) is 0 Å². The van der Waals surface area contributed by atoms with Crippen molar-refractivity contribution in [3.8, 4) is 0 Å². The van der Waals surface area contributed by atoms with Crippen molar-refractivity contribution in [3.63, 3.8) is 0 Å². The molecule has 2 N–H and O–H groups in total. The minimum absolute atomic E-state index is 0.0546. The van der Waals surface area contributed by atoms with Gasteiger partial charge < -0.3 is 5.73 Å². The van der Waals surface area contributed by atoms with Gasteiger partial charge in [-0.25, -0.2) is 0 Å². The topological polar surface area (TPSA) is 26.0 Å². The lowest BCUT2D eigenvalue weighted by atomic mass is 9.58. The number of hydrogen-bond acceptors (Lipinski definition) is 1. The van der Waals surface area contributed by atoms with Crippen LogP contribution < -0.4 is 5.73 Å². The summed E-state index contributed by atoms with van der Waals surface area (Å²) in [6, 6.07) is 2.61. The van der Waals surface area contributed by atoms with Gasteiger partial charge in [0.05, 0.1) is 0 Å². The Kier molecular flexibility index (Phi) is 6.99. The molecule has 2 bridgehead atoms. The highest BCUT2D eigenvalue weighted by atomic mass is 14.8. The Morgan fingerprint density at radius 2 is 1.86 bits per heavy atom. The Labute approximate surface area is 180 Å². The van der Waals surface area contributed by atoms with E-state index in [1.165, 1.54) is 57.8 Å². The first kappa shape index (κ1) is 22.6. The summed E-state index contributed by atoms with van der Waals surface area (Å²) in [5.74, 6) is 0.479. The van der Waals surface area contributed by atoms with Crippen molar-refractivity contribution in [3.05, 3.63) is 45.5 Å². The van der Waals surface area contributed by atoms with E-state index in [0.717, 1.165) is 12.8 Å². The molecule has 1 heteroatoms. The highest BCUT2D eigenvalue weighted by Gasteiger charge is 2.46. The Morgan fingerprint density at radius 1 is 1.10 bits per heavy atom. The second-order valence-electron chi connectivity index (χ2n) is 10.4. The van der Waals surface area contributed by atoms with Crippen LogP contribution in [0.4, 0.5) is 0 Å². The monoisotopic (exact) mass is 395 g/mol. The summed E-state index contributed by atoms with van der Waals surface area (Å²) in [4.78, 5) is 0. The summed E-state index contributed by atoms with van der Waals surface area (Å²) < 4.78 is 0. The summed E-state index contributed by atoms with van der Waals surface area (Å²) >= 11 is 0. The first-order valence-corrected chi connectivity index (χ1v) is 12.4. The maximum absolute atomic E-state index is 7.32. The van der Waals surface area contributed by atoms with Gasteiger partial charge in [-0.1, -0.05) is 51.8 Å². The molecule has 0 saturated carbocycles. The third kappa shape index (κ3) is 4.22. The predicted octanol–water partition coefficient (Wildman–Crippen LogP) is 7.56. The fourth-order valence-electron chi connectivity index (χ4n) is 6.41. The molecule has 0 radical (unpaired) electrons. The quantitative estimate of drug-likeness (QED) is 0.511. The first-order chi connectivity index (χ1) is 13.8. The van der Waals surface area contributed by atoms with Gasteiger partial charge in [0.15, 0.2) is 0 Å². The van der Waals surface area contributed by atoms with Gasteiger partial charge in [0.1, 0.15) is 0 Å². The molecule has 2 aliphatic rings. The molecule has 0 fully saturated rings. The number of allylic oxidation sites excluding steroid dienone is 2. The van der Waals surface area contributed by atoms with Crippen LogP contribution in [0.3, 0.4) is 0 Å². The van der Waals surface area contributed by atoms with Crippen LogP contribution in [0.5, 0.6) is 0 Å². The second kappa shape index (κ2) is 8.96. The predicted molar refractivity (Wildman–Crippen MR) is 128 cm³/mol. The standard InChI is InChI=1S/C28H45N/c1-7-10-13-22-18-23-14-16-27(6,9-3)28(29)15-11-12-20(4)17-24(19-28)26(23)21(5)25(22)8-2/h17-18,24H,7-16,19,29H2,1-6H3/b20-17-/t24-,27?,28?/m1/s1. The molecule has 0 saturated heterocycles. The number of fused-ring (bicyclic) bond motifs is 4. The lowest BCUT2D eigenvalue weighted by Gasteiger charge is -2.50. The Balaban J connectivity index is 2.20. The number of unbranched alkanes of at least 4 members (excludes halogenated alkanes) is 1. The molecule has 1 aromatic rings. The van der Waals surface area contributed by atoms with Crippen LogP contribution in [0.1, 0.15) is 120 Å². The molecule has 162 valence electrons. The zero-order valence-electron chi connectivity index (χ0n) is 20.1. The van der Waals surface area contributed by atoms with Crippen molar-refractivity contribution >= 4 is 0 Å². The van der Waals surface area contributed by atoms with Gasteiger partial charge in [-0.05, 0) is 111 Å². The summed E-state index contributed by atoms with van der Waals surface area (Å²) in [6.07, 6.45) is 15.9. The van der Waals surface area contributed by atoms with E-state index in [-0.39, 0.29) is 11.0 Å². The average molecular weight is 396 g/mol. The third-order valence-corrected chi connectivity index (χ3v) is 8.66. The van der Waals surface area contributed by atoms with E-state index in [9.17, 15) is 0 Å². The zero-order chi connectivity index (χ0) is 21.2. The van der Waals surface area contributed by atoms with Crippen LogP contribution in [-0.2, 0) is 19.3 Å². The SMILES string of the molecule is CCCCc1cc2c(c(C)c1CC)[C@@H]1/C=C(/C)CCCC(N)(C1)C(C)(CC)CC2. The van der Waals surface area contributed by atoms with Crippen molar-refractivity contribution in [1.82, 2.24) is 0 Å². The van der Waals surface area contributed by atoms with Crippen molar-refractivity contribution in [2.24, 2.45) is 11.1 Å². The third-order valence-electron chi connectivity index (χ3n) is 8.66. The van der Waals surface area contributed by atoms with Gasteiger partial charge >= 0.3 is 0 Å².